The summed E-state index contributed by atoms with van der Waals surface area (Å²) < 4.78 is 0. The summed E-state index contributed by atoms with van der Waals surface area (Å²) in [7, 11) is 0. The maximum absolute atomic E-state index is 10.8. The van der Waals surface area contributed by atoms with Gasteiger partial charge in [-0.15, -0.1) is 0 Å². The zero-order valence-electron chi connectivity index (χ0n) is 10.3. The Morgan fingerprint density at radius 3 is 2.41 bits per heavy atom. The molecule has 2 N–H and O–H groups in total. The molecule has 0 saturated heterocycles. The summed E-state index contributed by atoms with van der Waals surface area (Å²) in [5, 5.41) is 10.8. The van der Waals surface area contributed by atoms with Crippen LogP contribution >= 0.6 is 0 Å². The number of nitrogens with one attached hydrogen (secondary N) is 1. The molecule has 0 bridgehead atoms. The lowest BCUT2D eigenvalue weighted by Crippen LogP contribution is -2.32. The number of aryl methyl sites for hydroxylation is 1. The van der Waals surface area contributed by atoms with Crippen LogP contribution in [-0.4, -0.2) is 23.5 Å². The van der Waals surface area contributed by atoms with E-state index in [9.17, 15) is 9.59 Å². The van der Waals surface area contributed by atoms with Crippen molar-refractivity contribution in [3.8, 4) is 0 Å². The summed E-state index contributed by atoms with van der Waals surface area (Å²) in [4.78, 5) is 21.1. The van der Waals surface area contributed by atoms with E-state index in [0.29, 0.717) is 13.0 Å². The summed E-state index contributed by atoms with van der Waals surface area (Å²) in [5.74, 6) is -2.40. The van der Waals surface area contributed by atoms with Gasteiger partial charge in [0, 0.05) is 6.54 Å². The van der Waals surface area contributed by atoms with Crippen molar-refractivity contribution in [2.75, 3.05) is 6.54 Å². The van der Waals surface area contributed by atoms with Crippen LogP contribution in [-0.2, 0) is 16.0 Å². The molecule has 0 aromatic heterocycles. The van der Waals surface area contributed by atoms with Crippen molar-refractivity contribution in [3.05, 3.63) is 34.4 Å². The molecule has 1 aromatic carbocycles. The first kappa shape index (κ1) is 13.2. The lowest BCUT2D eigenvalue weighted by molar-refractivity contribution is -0.150. The van der Waals surface area contributed by atoms with Crippen LogP contribution in [0.1, 0.15) is 22.3 Å². The highest BCUT2D eigenvalue weighted by molar-refractivity contribution is 6.31. The Balaban J connectivity index is 2.62. The molecule has 0 aliphatic rings. The van der Waals surface area contributed by atoms with Gasteiger partial charge in [0.2, 0.25) is 0 Å². The second-order valence-electron chi connectivity index (χ2n) is 4.10. The predicted molar refractivity (Wildman–Crippen MR) is 65.0 cm³/mol. The van der Waals surface area contributed by atoms with Crippen molar-refractivity contribution in [2.24, 2.45) is 0 Å². The zero-order chi connectivity index (χ0) is 13.0. The van der Waals surface area contributed by atoms with Gasteiger partial charge in [0.25, 0.3) is 0 Å². The Bertz CT molecular complexity index is 452. The van der Waals surface area contributed by atoms with Crippen molar-refractivity contribution < 1.29 is 14.7 Å². The zero-order valence-corrected chi connectivity index (χ0v) is 10.3. The van der Waals surface area contributed by atoms with Gasteiger partial charge in [0.05, 0.1) is 0 Å². The standard InChI is InChI=1S/C13H17NO3/c1-8-4-5-11(10(3)9(8)2)6-7-14-12(15)13(16)17/h4-5H,6-7H2,1-3H3,(H,14,15)(H,16,17). The van der Waals surface area contributed by atoms with E-state index in [1.807, 2.05) is 19.1 Å². The molecule has 1 rings (SSSR count). The molecule has 4 nitrogen and oxygen atoms in total. The fraction of sp³-hybridized carbons (Fsp3) is 0.385. The van der Waals surface area contributed by atoms with E-state index >= 15 is 0 Å². The lowest BCUT2D eigenvalue weighted by atomic mass is 9.97. The number of carboxylic acid groups (broad SMARTS) is 1. The maximum atomic E-state index is 10.8. The highest BCUT2D eigenvalue weighted by Gasteiger charge is 2.10. The lowest BCUT2D eigenvalue weighted by Gasteiger charge is -2.11. The van der Waals surface area contributed by atoms with E-state index in [1.54, 1.807) is 0 Å². The van der Waals surface area contributed by atoms with E-state index in [2.05, 4.69) is 19.2 Å². The highest BCUT2D eigenvalue weighted by atomic mass is 16.4. The average Bonchev–Trinajstić information content (AvgIpc) is 2.28. The fourth-order valence-corrected chi connectivity index (χ4v) is 1.67. The van der Waals surface area contributed by atoms with Crippen LogP contribution in [0, 0.1) is 20.8 Å². The highest BCUT2D eigenvalue weighted by Crippen LogP contribution is 2.17. The molecule has 0 spiro atoms. The summed E-state index contributed by atoms with van der Waals surface area (Å²) in [6, 6.07) is 4.06. The number of carboxylic acids is 1. The van der Waals surface area contributed by atoms with Crippen LogP contribution < -0.4 is 5.32 Å². The van der Waals surface area contributed by atoms with Crippen molar-refractivity contribution in [3.63, 3.8) is 0 Å². The van der Waals surface area contributed by atoms with Crippen LogP contribution in [0.25, 0.3) is 0 Å². The minimum Gasteiger partial charge on any atom is -0.474 e. The van der Waals surface area contributed by atoms with Crippen LogP contribution in [0.3, 0.4) is 0 Å². The number of hydrogen-bond acceptors (Lipinski definition) is 2. The monoisotopic (exact) mass is 235 g/mol. The van der Waals surface area contributed by atoms with E-state index in [1.165, 1.54) is 16.7 Å². The first-order valence-electron chi connectivity index (χ1n) is 5.50. The molecule has 1 amide bonds. The molecule has 0 saturated carbocycles. The number of aliphatic carboxylic acids is 1. The van der Waals surface area contributed by atoms with Crippen LogP contribution in [0.5, 0.6) is 0 Å². The van der Waals surface area contributed by atoms with E-state index in [-0.39, 0.29) is 0 Å². The van der Waals surface area contributed by atoms with E-state index in [4.69, 9.17) is 5.11 Å². The van der Waals surface area contributed by atoms with Crippen LogP contribution in [0.4, 0.5) is 0 Å². The van der Waals surface area contributed by atoms with Gasteiger partial charge < -0.3 is 10.4 Å². The normalized spacial score (nSPS) is 10.1. The SMILES string of the molecule is Cc1ccc(CCNC(=O)C(=O)O)c(C)c1C. The number of benzene rings is 1. The van der Waals surface area contributed by atoms with Crippen molar-refractivity contribution in [1.82, 2.24) is 5.32 Å². The molecule has 0 heterocycles. The number of hydrogen-bond donors (Lipinski definition) is 2. The Labute approximate surface area is 101 Å². The van der Waals surface area contributed by atoms with Crippen molar-refractivity contribution >= 4 is 11.9 Å². The second-order valence-corrected chi connectivity index (χ2v) is 4.10. The quantitative estimate of drug-likeness (QED) is 0.777. The fourth-order valence-electron chi connectivity index (χ4n) is 1.67. The topological polar surface area (TPSA) is 66.4 Å². The summed E-state index contributed by atoms with van der Waals surface area (Å²) >= 11 is 0. The summed E-state index contributed by atoms with van der Waals surface area (Å²) in [5.41, 5.74) is 4.82. The first-order chi connectivity index (χ1) is 7.93. The van der Waals surface area contributed by atoms with Gasteiger partial charge in [-0.2, -0.15) is 0 Å². The molecular weight excluding hydrogens is 218 g/mol. The van der Waals surface area contributed by atoms with Gasteiger partial charge in [-0.05, 0) is 49.4 Å². The minimum absolute atomic E-state index is 0.342. The van der Waals surface area contributed by atoms with Crippen LogP contribution in [0.15, 0.2) is 12.1 Å². The first-order valence-corrected chi connectivity index (χ1v) is 5.50. The van der Waals surface area contributed by atoms with E-state index in [0.717, 1.165) is 5.56 Å². The maximum Gasteiger partial charge on any atom is 0.394 e. The number of amides is 1. The number of rotatable bonds is 3. The van der Waals surface area contributed by atoms with Gasteiger partial charge in [-0.25, -0.2) is 4.79 Å². The van der Waals surface area contributed by atoms with Gasteiger partial charge >= 0.3 is 11.9 Å². The van der Waals surface area contributed by atoms with E-state index < -0.39 is 11.9 Å². The Kier molecular flexibility index (Phi) is 4.26. The van der Waals surface area contributed by atoms with Gasteiger partial charge in [0.15, 0.2) is 0 Å². The number of carbonyl (C=O) groups is 2. The second kappa shape index (κ2) is 5.48. The Morgan fingerprint density at radius 1 is 1.18 bits per heavy atom. The third kappa shape index (κ3) is 3.31. The van der Waals surface area contributed by atoms with Gasteiger partial charge in [-0.3, -0.25) is 4.79 Å². The van der Waals surface area contributed by atoms with Crippen LogP contribution in [0.2, 0.25) is 0 Å². The molecule has 0 unspecified atom stereocenters. The average molecular weight is 235 g/mol. The molecule has 0 radical (unpaired) electrons. The number of carbonyl (C=O) groups excluding carboxylic acids is 1. The molecule has 1 aromatic rings. The Morgan fingerprint density at radius 2 is 1.82 bits per heavy atom. The van der Waals surface area contributed by atoms with Crippen molar-refractivity contribution in [1.29, 1.82) is 0 Å². The molecule has 4 heteroatoms. The molecule has 92 valence electrons. The molecular formula is C13H17NO3. The molecule has 0 aliphatic heterocycles. The molecule has 0 aliphatic carbocycles. The third-order valence-corrected chi connectivity index (χ3v) is 3.04. The largest absolute Gasteiger partial charge is 0.474 e. The summed E-state index contributed by atoms with van der Waals surface area (Å²) in [6.45, 7) is 6.49. The molecule has 0 atom stereocenters. The molecule has 17 heavy (non-hydrogen) atoms. The van der Waals surface area contributed by atoms with Gasteiger partial charge in [-0.1, -0.05) is 12.1 Å². The predicted octanol–water partition coefficient (Wildman–Crippen LogP) is 1.36. The molecule has 0 fully saturated rings. The van der Waals surface area contributed by atoms with Gasteiger partial charge in [0.1, 0.15) is 0 Å². The smallest absolute Gasteiger partial charge is 0.394 e. The Hall–Kier alpha value is -1.84. The summed E-state index contributed by atoms with van der Waals surface area (Å²) in [6.07, 6.45) is 0.645. The minimum atomic E-state index is -1.44. The van der Waals surface area contributed by atoms with Crippen molar-refractivity contribution in [2.45, 2.75) is 27.2 Å². The third-order valence-electron chi connectivity index (χ3n) is 3.04.